The largest absolute Gasteiger partial charge is 0.496 e. The van der Waals surface area contributed by atoms with Gasteiger partial charge in [-0.3, -0.25) is 0 Å². The van der Waals surface area contributed by atoms with Gasteiger partial charge in [-0.25, -0.2) is 0 Å². The average molecular weight is 262 g/mol. The summed E-state index contributed by atoms with van der Waals surface area (Å²) in [5.41, 5.74) is 1.85. The predicted octanol–water partition coefficient (Wildman–Crippen LogP) is 2.75. The van der Waals surface area contributed by atoms with Crippen LogP contribution in [0.15, 0.2) is 18.2 Å². The molecule has 3 heteroatoms. The van der Waals surface area contributed by atoms with Crippen LogP contribution in [-0.2, 0) is 11.3 Å². The summed E-state index contributed by atoms with van der Waals surface area (Å²) in [6, 6.07) is 5.70. The molecule has 104 valence electrons. The maximum atomic E-state index is 8.70. The highest BCUT2D eigenvalue weighted by Gasteiger charge is 2.04. The van der Waals surface area contributed by atoms with Crippen molar-refractivity contribution in [3.63, 3.8) is 0 Å². The molecule has 1 N–H and O–H groups in total. The van der Waals surface area contributed by atoms with Gasteiger partial charge in [0.25, 0.3) is 0 Å². The molecule has 0 heterocycles. The van der Waals surface area contributed by atoms with Crippen LogP contribution < -0.4 is 4.74 Å². The molecule has 0 fully saturated rings. The first kappa shape index (κ1) is 15.6. The Kier molecular flexibility index (Phi) is 7.72. The zero-order chi connectivity index (χ0) is 13.9. The molecule has 0 bridgehead atoms. The van der Waals surface area contributed by atoms with Gasteiger partial charge in [0.2, 0.25) is 0 Å². The van der Waals surface area contributed by atoms with Gasteiger partial charge < -0.3 is 14.6 Å². The van der Waals surface area contributed by atoms with Gasteiger partial charge in [-0.15, -0.1) is 0 Å². The first-order valence-electron chi connectivity index (χ1n) is 6.66. The van der Waals surface area contributed by atoms with Crippen molar-refractivity contribution in [2.75, 3.05) is 20.3 Å². The Bertz CT molecular complexity index is 429. The maximum absolute atomic E-state index is 8.70. The molecular formula is C16H22O3. The molecule has 0 spiro atoms. The summed E-state index contributed by atoms with van der Waals surface area (Å²) in [6.07, 6.45) is 3.47. The summed E-state index contributed by atoms with van der Waals surface area (Å²) in [7, 11) is 1.65. The van der Waals surface area contributed by atoms with Crippen molar-refractivity contribution in [3.05, 3.63) is 29.3 Å². The van der Waals surface area contributed by atoms with Gasteiger partial charge in [0.05, 0.1) is 13.7 Å². The SMILES string of the molecule is CCCCCOCc1cc(C#CCO)ccc1OC. The first-order valence-corrected chi connectivity index (χ1v) is 6.66. The Morgan fingerprint density at radius 3 is 2.79 bits per heavy atom. The minimum Gasteiger partial charge on any atom is -0.496 e. The van der Waals surface area contributed by atoms with Crippen LogP contribution >= 0.6 is 0 Å². The van der Waals surface area contributed by atoms with Crippen LogP contribution in [-0.4, -0.2) is 25.4 Å². The number of benzene rings is 1. The van der Waals surface area contributed by atoms with Crippen LogP contribution in [0.1, 0.15) is 37.3 Å². The molecular weight excluding hydrogens is 240 g/mol. The highest BCUT2D eigenvalue weighted by molar-refractivity contribution is 5.44. The second kappa shape index (κ2) is 9.43. The van der Waals surface area contributed by atoms with E-state index in [1.165, 1.54) is 12.8 Å². The van der Waals surface area contributed by atoms with Crippen molar-refractivity contribution in [1.29, 1.82) is 0 Å². The molecule has 0 aliphatic carbocycles. The zero-order valence-electron chi connectivity index (χ0n) is 11.7. The van der Waals surface area contributed by atoms with E-state index in [9.17, 15) is 0 Å². The molecule has 0 atom stereocenters. The Labute approximate surface area is 115 Å². The molecule has 1 rings (SSSR count). The number of aliphatic hydroxyl groups excluding tert-OH is 1. The lowest BCUT2D eigenvalue weighted by molar-refractivity contribution is 0.115. The van der Waals surface area contributed by atoms with Crippen molar-refractivity contribution in [3.8, 4) is 17.6 Å². The van der Waals surface area contributed by atoms with Gasteiger partial charge >= 0.3 is 0 Å². The number of methoxy groups -OCH3 is 1. The fourth-order valence-electron chi connectivity index (χ4n) is 1.75. The summed E-state index contributed by atoms with van der Waals surface area (Å²) < 4.78 is 11.0. The summed E-state index contributed by atoms with van der Waals surface area (Å²) >= 11 is 0. The van der Waals surface area contributed by atoms with Gasteiger partial charge in [0.15, 0.2) is 0 Å². The fraction of sp³-hybridized carbons (Fsp3) is 0.500. The van der Waals surface area contributed by atoms with E-state index in [0.717, 1.165) is 29.9 Å². The molecule has 0 aromatic heterocycles. The molecule has 1 aromatic rings. The average Bonchev–Trinajstić information content (AvgIpc) is 2.45. The second-order valence-electron chi connectivity index (χ2n) is 4.25. The third-order valence-corrected chi connectivity index (χ3v) is 2.74. The van der Waals surface area contributed by atoms with E-state index < -0.39 is 0 Å². The van der Waals surface area contributed by atoms with Gasteiger partial charge in [-0.2, -0.15) is 0 Å². The van der Waals surface area contributed by atoms with Gasteiger partial charge in [-0.05, 0) is 24.6 Å². The van der Waals surface area contributed by atoms with Crippen LogP contribution in [0.25, 0.3) is 0 Å². The van der Waals surface area contributed by atoms with Crippen molar-refractivity contribution < 1.29 is 14.6 Å². The van der Waals surface area contributed by atoms with Crippen LogP contribution in [0.2, 0.25) is 0 Å². The molecule has 0 unspecified atom stereocenters. The van der Waals surface area contributed by atoms with Crippen molar-refractivity contribution >= 4 is 0 Å². The van der Waals surface area contributed by atoms with Crippen LogP contribution in [0.5, 0.6) is 5.75 Å². The van der Waals surface area contributed by atoms with E-state index in [4.69, 9.17) is 14.6 Å². The van der Waals surface area contributed by atoms with E-state index in [2.05, 4.69) is 18.8 Å². The molecule has 0 radical (unpaired) electrons. The number of aliphatic hydroxyl groups is 1. The van der Waals surface area contributed by atoms with E-state index in [1.54, 1.807) is 7.11 Å². The molecule has 19 heavy (non-hydrogen) atoms. The minimum absolute atomic E-state index is 0.130. The molecule has 0 saturated heterocycles. The van der Waals surface area contributed by atoms with Crippen LogP contribution in [0.4, 0.5) is 0 Å². The summed E-state index contributed by atoms with van der Waals surface area (Å²) in [4.78, 5) is 0. The summed E-state index contributed by atoms with van der Waals surface area (Å²) in [5.74, 6) is 6.33. The number of rotatable bonds is 7. The quantitative estimate of drug-likeness (QED) is 0.606. The molecule has 3 nitrogen and oxygen atoms in total. The third kappa shape index (κ3) is 5.78. The van der Waals surface area contributed by atoms with E-state index in [1.807, 2.05) is 18.2 Å². The Balaban J connectivity index is 2.62. The van der Waals surface area contributed by atoms with E-state index >= 15 is 0 Å². The highest BCUT2D eigenvalue weighted by Crippen LogP contribution is 2.20. The smallest absolute Gasteiger partial charge is 0.124 e. The lowest BCUT2D eigenvalue weighted by atomic mass is 10.1. The molecule has 0 saturated carbocycles. The monoisotopic (exact) mass is 262 g/mol. The number of hydrogen-bond donors (Lipinski definition) is 1. The Morgan fingerprint density at radius 1 is 1.26 bits per heavy atom. The van der Waals surface area contributed by atoms with Crippen molar-refractivity contribution in [1.82, 2.24) is 0 Å². The number of unbranched alkanes of at least 4 members (excludes halogenated alkanes) is 2. The molecule has 0 aliphatic rings. The Morgan fingerprint density at radius 2 is 2.11 bits per heavy atom. The van der Waals surface area contributed by atoms with Crippen molar-refractivity contribution in [2.45, 2.75) is 32.8 Å². The molecule has 1 aromatic carbocycles. The third-order valence-electron chi connectivity index (χ3n) is 2.74. The molecule has 0 amide bonds. The topological polar surface area (TPSA) is 38.7 Å². The zero-order valence-corrected chi connectivity index (χ0v) is 11.7. The van der Waals surface area contributed by atoms with Gasteiger partial charge in [0.1, 0.15) is 12.4 Å². The summed E-state index contributed by atoms with van der Waals surface area (Å²) in [6.45, 7) is 3.34. The number of hydrogen-bond acceptors (Lipinski definition) is 3. The van der Waals surface area contributed by atoms with E-state index in [-0.39, 0.29) is 6.61 Å². The number of ether oxygens (including phenoxy) is 2. The minimum atomic E-state index is -0.130. The first-order chi connectivity index (χ1) is 9.31. The standard InChI is InChI=1S/C16H22O3/c1-3-4-5-11-19-13-15-12-14(7-6-10-17)8-9-16(15)18-2/h8-9,12,17H,3-5,10-11,13H2,1-2H3. The van der Waals surface area contributed by atoms with Crippen LogP contribution in [0.3, 0.4) is 0 Å². The van der Waals surface area contributed by atoms with Crippen molar-refractivity contribution in [2.24, 2.45) is 0 Å². The van der Waals surface area contributed by atoms with Gasteiger partial charge in [-0.1, -0.05) is 31.6 Å². The lowest BCUT2D eigenvalue weighted by Crippen LogP contribution is -1.99. The lowest BCUT2D eigenvalue weighted by Gasteiger charge is -2.09. The van der Waals surface area contributed by atoms with Crippen LogP contribution in [0, 0.1) is 11.8 Å². The molecule has 0 aliphatic heterocycles. The van der Waals surface area contributed by atoms with E-state index in [0.29, 0.717) is 6.61 Å². The normalized spacial score (nSPS) is 9.84. The summed E-state index contributed by atoms with van der Waals surface area (Å²) in [5, 5.41) is 8.70. The Hall–Kier alpha value is -1.50. The predicted molar refractivity (Wildman–Crippen MR) is 76.1 cm³/mol. The highest BCUT2D eigenvalue weighted by atomic mass is 16.5. The maximum Gasteiger partial charge on any atom is 0.124 e. The van der Waals surface area contributed by atoms with Gasteiger partial charge in [0, 0.05) is 17.7 Å². The second-order valence-corrected chi connectivity index (χ2v) is 4.25. The fourth-order valence-corrected chi connectivity index (χ4v) is 1.75.